The molecule has 0 fully saturated rings. The summed E-state index contributed by atoms with van der Waals surface area (Å²) in [5, 5.41) is 6.54. The third kappa shape index (κ3) is 2.64. The second kappa shape index (κ2) is 5.28. The standard InChI is InChI=1S/C11H14N6O/c1-17(7-8-5-14-15-6-8)11(18)9-2-3-13-10(4-9)16-12/h2-6H,7,12H2,1H3,(H,13,16)(H,14,15). The van der Waals surface area contributed by atoms with Crippen molar-refractivity contribution >= 4 is 11.7 Å². The third-order valence-electron chi connectivity index (χ3n) is 2.48. The minimum atomic E-state index is -0.102. The molecule has 18 heavy (non-hydrogen) atoms. The predicted octanol–water partition coefficient (Wildman–Crippen LogP) is 0.363. The first-order valence-electron chi connectivity index (χ1n) is 5.36. The van der Waals surface area contributed by atoms with E-state index in [0.717, 1.165) is 5.56 Å². The van der Waals surface area contributed by atoms with Crippen LogP contribution in [-0.4, -0.2) is 33.0 Å². The largest absolute Gasteiger partial charge is 0.337 e. The maximum atomic E-state index is 12.1. The smallest absolute Gasteiger partial charge is 0.254 e. The SMILES string of the molecule is CN(Cc1cn[nH]c1)C(=O)c1ccnc(NN)c1. The Morgan fingerprint density at radius 3 is 3.11 bits per heavy atom. The normalized spacial score (nSPS) is 10.1. The molecule has 0 aliphatic heterocycles. The van der Waals surface area contributed by atoms with Gasteiger partial charge in [-0.05, 0) is 12.1 Å². The van der Waals surface area contributed by atoms with E-state index in [-0.39, 0.29) is 5.91 Å². The lowest BCUT2D eigenvalue weighted by Crippen LogP contribution is -2.26. The second-order valence-corrected chi connectivity index (χ2v) is 3.84. The van der Waals surface area contributed by atoms with Crippen LogP contribution >= 0.6 is 0 Å². The minimum Gasteiger partial charge on any atom is -0.337 e. The molecule has 94 valence electrons. The summed E-state index contributed by atoms with van der Waals surface area (Å²) in [6, 6.07) is 3.25. The molecule has 0 atom stereocenters. The molecular weight excluding hydrogens is 232 g/mol. The number of carbonyl (C=O) groups is 1. The number of H-pyrrole nitrogens is 1. The number of hydrogen-bond acceptors (Lipinski definition) is 5. The lowest BCUT2D eigenvalue weighted by atomic mass is 10.2. The molecule has 2 aromatic heterocycles. The number of hydrazine groups is 1. The average molecular weight is 246 g/mol. The summed E-state index contributed by atoms with van der Waals surface area (Å²) >= 11 is 0. The Labute approximate surface area is 104 Å². The minimum absolute atomic E-state index is 0.102. The Kier molecular flexibility index (Phi) is 3.54. The van der Waals surface area contributed by atoms with Gasteiger partial charge < -0.3 is 10.3 Å². The summed E-state index contributed by atoms with van der Waals surface area (Å²) in [5.74, 6) is 5.61. The van der Waals surface area contributed by atoms with Gasteiger partial charge in [0.25, 0.3) is 5.91 Å². The van der Waals surface area contributed by atoms with E-state index in [1.165, 1.54) is 6.20 Å². The third-order valence-corrected chi connectivity index (χ3v) is 2.48. The Hall–Kier alpha value is -2.41. The molecule has 2 heterocycles. The van der Waals surface area contributed by atoms with Crippen LogP contribution in [0.3, 0.4) is 0 Å². The number of pyridine rings is 1. The van der Waals surface area contributed by atoms with Crippen molar-refractivity contribution in [2.75, 3.05) is 12.5 Å². The van der Waals surface area contributed by atoms with Crippen LogP contribution in [0.25, 0.3) is 0 Å². The Bertz CT molecular complexity index is 524. The van der Waals surface area contributed by atoms with Crippen LogP contribution in [0, 0.1) is 0 Å². The van der Waals surface area contributed by atoms with E-state index in [2.05, 4.69) is 20.6 Å². The van der Waals surface area contributed by atoms with Gasteiger partial charge in [0.2, 0.25) is 0 Å². The van der Waals surface area contributed by atoms with E-state index in [0.29, 0.717) is 17.9 Å². The van der Waals surface area contributed by atoms with Crippen molar-refractivity contribution < 1.29 is 4.79 Å². The van der Waals surface area contributed by atoms with Crippen LogP contribution in [0.1, 0.15) is 15.9 Å². The van der Waals surface area contributed by atoms with Gasteiger partial charge in [-0.2, -0.15) is 5.10 Å². The van der Waals surface area contributed by atoms with Gasteiger partial charge in [0, 0.05) is 37.1 Å². The van der Waals surface area contributed by atoms with Gasteiger partial charge in [0.15, 0.2) is 0 Å². The van der Waals surface area contributed by atoms with Crippen molar-refractivity contribution in [3.8, 4) is 0 Å². The van der Waals surface area contributed by atoms with E-state index in [1.807, 2.05) is 0 Å². The molecule has 0 aromatic carbocycles. The molecule has 0 spiro atoms. The summed E-state index contributed by atoms with van der Waals surface area (Å²) in [6.45, 7) is 0.489. The predicted molar refractivity (Wildman–Crippen MR) is 66.4 cm³/mol. The number of carbonyl (C=O) groups excluding carboxylic acids is 1. The Morgan fingerprint density at radius 1 is 1.61 bits per heavy atom. The fourth-order valence-electron chi connectivity index (χ4n) is 1.57. The molecule has 0 bridgehead atoms. The molecule has 0 radical (unpaired) electrons. The summed E-state index contributed by atoms with van der Waals surface area (Å²) in [6.07, 6.45) is 4.97. The molecule has 0 saturated carbocycles. The average Bonchev–Trinajstić information content (AvgIpc) is 2.90. The van der Waals surface area contributed by atoms with Crippen molar-refractivity contribution in [1.29, 1.82) is 0 Å². The number of rotatable bonds is 4. The van der Waals surface area contributed by atoms with Crippen LogP contribution < -0.4 is 11.3 Å². The first-order chi connectivity index (χ1) is 8.70. The van der Waals surface area contributed by atoms with Crippen LogP contribution in [0.5, 0.6) is 0 Å². The molecule has 0 unspecified atom stereocenters. The summed E-state index contributed by atoms with van der Waals surface area (Å²) in [7, 11) is 1.73. The highest BCUT2D eigenvalue weighted by Gasteiger charge is 2.13. The highest BCUT2D eigenvalue weighted by atomic mass is 16.2. The quantitative estimate of drug-likeness (QED) is 0.534. The van der Waals surface area contributed by atoms with Gasteiger partial charge in [-0.15, -0.1) is 0 Å². The van der Waals surface area contributed by atoms with Gasteiger partial charge in [0.05, 0.1) is 6.20 Å². The van der Waals surface area contributed by atoms with E-state index < -0.39 is 0 Å². The zero-order valence-electron chi connectivity index (χ0n) is 9.92. The molecule has 7 nitrogen and oxygen atoms in total. The number of nitrogens with one attached hydrogen (secondary N) is 2. The topological polar surface area (TPSA) is 99.9 Å². The van der Waals surface area contributed by atoms with Crippen molar-refractivity contribution in [2.24, 2.45) is 5.84 Å². The molecule has 2 aromatic rings. The highest BCUT2D eigenvalue weighted by Crippen LogP contribution is 2.10. The fourth-order valence-corrected chi connectivity index (χ4v) is 1.57. The Morgan fingerprint density at radius 2 is 2.44 bits per heavy atom. The van der Waals surface area contributed by atoms with Crippen LogP contribution in [0.2, 0.25) is 0 Å². The van der Waals surface area contributed by atoms with E-state index >= 15 is 0 Å². The number of nitrogens with zero attached hydrogens (tertiary/aromatic N) is 3. The number of aromatic amines is 1. The van der Waals surface area contributed by atoms with Gasteiger partial charge in [-0.3, -0.25) is 9.89 Å². The van der Waals surface area contributed by atoms with Gasteiger partial charge in [-0.1, -0.05) is 0 Å². The molecule has 0 aliphatic carbocycles. The van der Waals surface area contributed by atoms with E-state index in [1.54, 1.807) is 36.5 Å². The number of aromatic nitrogens is 3. The molecule has 0 aliphatic rings. The number of anilines is 1. The number of nitrogens with two attached hydrogens (primary N) is 1. The molecule has 7 heteroatoms. The van der Waals surface area contributed by atoms with Crippen LogP contribution in [-0.2, 0) is 6.54 Å². The monoisotopic (exact) mass is 246 g/mol. The first-order valence-corrected chi connectivity index (χ1v) is 5.36. The number of hydrogen-bond donors (Lipinski definition) is 3. The van der Waals surface area contributed by atoms with Gasteiger partial charge >= 0.3 is 0 Å². The van der Waals surface area contributed by atoms with Crippen molar-refractivity contribution in [1.82, 2.24) is 20.1 Å². The zero-order chi connectivity index (χ0) is 13.0. The maximum Gasteiger partial charge on any atom is 0.254 e. The van der Waals surface area contributed by atoms with E-state index in [9.17, 15) is 4.79 Å². The second-order valence-electron chi connectivity index (χ2n) is 3.84. The lowest BCUT2D eigenvalue weighted by Gasteiger charge is -2.16. The zero-order valence-corrected chi connectivity index (χ0v) is 9.92. The lowest BCUT2D eigenvalue weighted by molar-refractivity contribution is 0.0785. The van der Waals surface area contributed by atoms with Gasteiger partial charge in [0.1, 0.15) is 5.82 Å². The van der Waals surface area contributed by atoms with Gasteiger partial charge in [-0.25, -0.2) is 10.8 Å². The summed E-state index contributed by atoms with van der Waals surface area (Å²) in [5.41, 5.74) is 3.88. The number of nitrogen functional groups attached to an aromatic ring is 1. The molecule has 1 amide bonds. The summed E-state index contributed by atoms with van der Waals surface area (Å²) in [4.78, 5) is 17.7. The maximum absolute atomic E-state index is 12.1. The van der Waals surface area contributed by atoms with Crippen LogP contribution in [0.4, 0.5) is 5.82 Å². The molecule has 0 saturated heterocycles. The number of amides is 1. The molecule has 2 rings (SSSR count). The van der Waals surface area contributed by atoms with E-state index in [4.69, 9.17) is 5.84 Å². The Balaban J connectivity index is 2.10. The van der Waals surface area contributed by atoms with Crippen LogP contribution in [0.15, 0.2) is 30.7 Å². The first kappa shape index (κ1) is 12.1. The highest BCUT2D eigenvalue weighted by molar-refractivity contribution is 5.94. The fraction of sp³-hybridized carbons (Fsp3) is 0.182. The summed E-state index contributed by atoms with van der Waals surface area (Å²) < 4.78 is 0. The molecule has 4 N–H and O–H groups in total. The van der Waals surface area contributed by atoms with Crippen molar-refractivity contribution in [2.45, 2.75) is 6.54 Å². The molecular formula is C11H14N6O. The van der Waals surface area contributed by atoms with Crippen molar-refractivity contribution in [3.05, 3.63) is 41.9 Å². The van der Waals surface area contributed by atoms with Crippen molar-refractivity contribution in [3.63, 3.8) is 0 Å².